The molecule has 0 spiro atoms. The second-order valence-corrected chi connectivity index (χ2v) is 5.94. The van der Waals surface area contributed by atoms with Gasteiger partial charge in [0.25, 0.3) is 0 Å². The summed E-state index contributed by atoms with van der Waals surface area (Å²) in [6.07, 6.45) is 3.34. The summed E-state index contributed by atoms with van der Waals surface area (Å²) in [6.45, 7) is 2.09. The third-order valence-electron chi connectivity index (χ3n) is 4.56. The third kappa shape index (κ3) is 2.74. The van der Waals surface area contributed by atoms with Gasteiger partial charge < -0.3 is 16.8 Å². The number of hydrogen-bond acceptors (Lipinski definition) is 3. The number of hydrogen-bond donors (Lipinski definition) is 3. The molecule has 3 nitrogen and oxygen atoms in total. The van der Waals surface area contributed by atoms with Gasteiger partial charge in [-0.2, -0.15) is 0 Å². The summed E-state index contributed by atoms with van der Waals surface area (Å²) in [5.74, 6) is 0. The van der Waals surface area contributed by atoms with Crippen LogP contribution >= 0.6 is 0 Å². The van der Waals surface area contributed by atoms with Gasteiger partial charge in [-0.3, -0.25) is 0 Å². The van der Waals surface area contributed by atoms with E-state index in [1.807, 2.05) is 12.1 Å². The maximum atomic E-state index is 6.03. The lowest BCUT2D eigenvalue weighted by Gasteiger charge is -2.34. The molecule has 0 unspecified atom stereocenters. The topological polar surface area (TPSA) is 64.1 Å². The van der Waals surface area contributed by atoms with Crippen molar-refractivity contribution in [1.29, 1.82) is 0 Å². The molecule has 5 N–H and O–H groups in total. The van der Waals surface area contributed by atoms with Crippen LogP contribution in [0.15, 0.2) is 48.5 Å². The maximum Gasteiger partial charge on any atom is 0.0317 e. The van der Waals surface area contributed by atoms with Crippen molar-refractivity contribution < 1.29 is 0 Å². The highest BCUT2D eigenvalue weighted by atomic mass is 14.9. The molecule has 0 aliphatic carbocycles. The molecule has 0 bridgehead atoms. The van der Waals surface area contributed by atoms with E-state index in [0.717, 1.165) is 43.7 Å². The Bertz CT molecular complexity index is 566. The van der Waals surface area contributed by atoms with Crippen molar-refractivity contribution in [1.82, 2.24) is 5.32 Å². The standard InChI is InChI=1S/C18H23N3/c19-16-6-1-4-14(12-16)18(8-3-10-21-11-9-18)15-5-2-7-17(20)13-15/h1-2,4-7,12-13,21H,3,8-11,19-20H2. The molecule has 2 aromatic carbocycles. The van der Waals surface area contributed by atoms with Crippen molar-refractivity contribution in [3.8, 4) is 0 Å². The fourth-order valence-electron chi connectivity index (χ4n) is 3.48. The molecular formula is C18H23N3. The summed E-state index contributed by atoms with van der Waals surface area (Å²) >= 11 is 0. The van der Waals surface area contributed by atoms with E-state index in [9.17, 15) is 0 Å². The van der Waals surface area contributed by atoms with Crippen LogP contribution in [0.1, 0.15) is 30.4 Å². The number of nitrogens with two attached hydrogens (primary N) is 2. The van der Waals surface area contributed by atoms with Gasteiger partial charge in [-0.25, -0.2) is 0 Å². The Morgan fingerprint density at radius 2 is 1.43 bits per heavy atom. The van der Waals surface area contributed by atoms with Gasteiger partial charge in [-0.15, -0.1) is 0 Å². The van der Waals surface area contributed by atoms with Gasteiger partial charge in [0, 0.05) is 16.8 Å². The Labute approximate surface area is 126 Å². The van der Waals surface area contributed by atoms with E-state index in [2.05, 4.69) is 41.7 Å². The Morgan fingerprint density at radius 3 is 2.00 bits per heavy atom. The average Bonchev–Trinajstić information content (AvgIpc) is 2.74. The van der Waals surface area contributed by atoms with Crippen molar-refractivity contribution in [2.24, 2.45) is 0 Å². The highest BCUT2D eigenvalue weighted by Crippen LogP contribution is 2.41. The molecule has 0 radical (unpaired) electrons. The fourth-order valence-corrected chi connectivity index (χ4v) is 3.48. The average molecular weight is 281 g/mol. The minimum absolute atomic E-state index is 0.00819. The van der Waals surface area contributed by atoms with E-state index in [0.29, 0.717) is 0 Å². The molecule has 21 heavy (non-hydrogen) atoms. The Morgan fingerprint density at radius 1 is 0.810 bits per heavy atom. The van der Waals surface area contributed by atoms with Crippen LogP contribution in [0.25, 0.3) is 0 Å². The van der Waals surface area contributed by atoms with Gasteiger partial charge in [0.15, 0.2) is 0 Å². The van der Waals surface area contributed by atoms with Gasteiger partial charge in [-0.05, 0) is 67.7 Å². The molecular weight excluding hydrogens is 258 g/mol. The van der Waals surface area contributed by atoms with Gasteiger partial charge >= 0.3 is 0 Å². The summed E-state index contributed by atoms with van der Waals surface area (Å²) in [4.78, 5) is 0. The van der Waals surface area contributed by atoms with Crippen molar-refractivity contribution in [3.63, 3.8) is 0 Å². The second-order valence-electron chi connectivity index (χ2n) is 5.94. The molecule has 0 aromatic heterocycles. The third-order valence-corrected chi connectivity index (χ3v) is 4.56. The summed E-state index contributed by atoms with van der Waals surface area (Å²) in [5, 5.41) is 3.51. The molecule has 3 rings (SSSR count). The van der Waals surface area contributed by atoms with Crippen LogP contribution in [0, 0.1) is 0 Å². The molecule has 0 atom stereocenters. The zero-order chi connectivity index (χ0) is 14.7. The van der Waals surface area contributed by atoms with Gasteiger partial charge in [0.2, 0.25) is 0 Å². The first-order chi connectivity index (χ1) is 10.2. The molecule has 1 fully saturated rings. The lowest BCUT2D eigenvalue weighted by Crippen LogP contribution is -2.29. The van der Waals surface area contributed by atoms with E-state index < -0.39 is 0 Å². The molecule has 110 valence electrons. The first kappa shape index (κ1) is 14.0. The van der Waals surface area contributed by atoms with Crippen molar-refractivity contribution in [3.05, 3.63) is 59.7 Å². The number of nitrogen functional groups attached to an aromatic ring is 2. The highest BCUT2D eigenvalue weighted by Gasteiger charge is 2.34. The molecule has 1 aliphatic heterocycles. The van der Waals surface area contributed by atoms with E-state index >= 15 is 0 Å². The Balaban J connectivity index is 2.14. The zero-order valence-electron chi connectivity index (χ0n) is 12.3. The molecule has 0 saturated carbocycles. The monoisotopic (exact) mass is 281 g/mol. The molecule has 2 aromatic rings. The van der Waals surface area contributed by atoms with Crippen LogP contribution < -0.4 is 16.8 Å². The zero-order valence-corrected chi connectivity index (χ0v) is 12.3. The lowest BCUT2D eigenvalue weighted by atomic mass is 9.69. The van der Waals surface area contributed by atoms with Crippen molar-refractivity contribution in [2.75, 3.05) is 24.6 Å². The van der Waals surface area contributed by atoms with E-state index in [4.69, 9.17) is 11.5 Å². The first-order valence-corrected chi connectivity index (χ1v) is 7.63. The van der Waals surface area contributed by atoms with Crippen LogP contribution in [0.3, 0.4) is 0 Å². The lowest BCUT2D eigenvalue weighted by molar-refractivity contribution is 0.458. The predicted octanol–water partition coefficient (Wildman–Crippen LogP) is 2.91. The van der Waals surface area contributed by atoms with Crippen LogP contribution in [0.5, 0.6) is 0 Å². The van der Waals surface area contributed by atoms with Crippen LogP contribution in [0.2, 0.25) is 0 Å². The largest absolute Gasteiger partial charge is 0.399 e. The van der Waals surface area contributed by atoms with E-state index in [1.165, 1.54) is 11.1 Å². The van der Waals surface area contributed by atoms with E-state index in [1.54, 1.807) is 0 Å². The predicted molar refractivity (Wildman–Crippen MR) is 89.2 cm³/mol. The minimum Gasteiger partial charge on any atom is -0.399 e. The first-order valence-electron chi connectivity index (χ1n) is 7.63. The smallest absolute Gasteiger partial charge is 0.0317 e. The number of rotatable bonds is 2. The number of benzene rings is 2. The molecule has 1 aliphatic rings. The molecule has 0 amide bonds. The summed E-state index contributed by atoms with van der Waals surface area (Å²) < 4.78 is 0. The fraction of sp³-hybridized carbons (Fsp3) is 0.333. The SMILES string of the molecule is Nc1cccc(C2(c3cccc(N)c3)CCCNCC2)c1. The van der Waals surface area contributed by atoms with Crippen LogP contribution in [-0.4, -0.2) is 13.1 Å². The van der Waals surface area contributed by atoms with Gasteiger partial charge in [0.1, 0.15) is 0 Å². The Hall–Kier alpha value is -2.00. The van der Waals surface area contributed by atoms with Crippen LogP contribution in [0.4, 0.5) is 11.4 Å². The van der Waals surface area contributed by atoms with Crippen LogP contribution in [-0.2, 0) is 5.41 Å². The quantitative estimate of drug-likeness (QED) is 0.742. The van der Waals surface area contributed by atoms with Crippen molar-refractivity contribution >= 4 is 11.4 Å². The van der Waals surface area contributed by atoms with Gasteiger partial charge in [-0.1, -0.05) is 24.3 Å². The summed E-state index contributed by atoms with van der Waals surface area (Å²) in [5.41, 5.74) is 16.3. The minimum atomic E-state index is 0.00819. The normalized spacial score (nSPS) is 18.1. The number of nitrogens with one attached hydrogen (secondary N) is 1. The van der Waals surface area contributed by atoms with E-state index in [-0.39, 0.29) is 5.41 Å². The Kier molecular flexibility index (Phi) is 3.84. The number of anilines is 2. The maximum absolute atomic E-state index is 6.03. The van der Waals surface area contributed by atoms with Crippen molar-refractivity contribution in [2.45, 2.75) is 24.7 Å². The summed E-state index contributed by atoms with van der Waals surface area (Å²) in [6, 6.07) is 16.6. The highest BCUT2D eigenvalue weighted by molar-refractivity contribution is 5.51. The molecule has 1 saturated heterocycles. The summed E-state index contributed by atoms with van der Waals surface area (Å²) in [7, 11) is 0. The molecule has 1 heterocycles. The second kappa shape index (κ2) is 5.78. The van der Waals surface area contributed by atoms with Gasteiger partial charge in [0.05, 0.1) is 0 Å². The molecule has 3 heteroatoms.